The zero-order valence-electron chi connectivity index (χ0n) is 8.62. The van der Waals surface area contributed by atoms with Crippen molar-refractivity contribution in [3.05, 3.63) is 22.4 Å². The average molecular weight is 210 g/mol. The van der Waals surface area contributed by atoms with Crippen LogP contribution in [0.4, 0.5) is 0 Å². The lowest BCUT2D eigenvalue weighted by atomic mass is 10.1. The summed E-state index contributed by atoms with van der Waals surface area (Å²) in [6, 6.07) is 4.83. The highest BCUT2D eigenvalue weighted by atomic mass is 32.1. The number of thiophene rings is 1. The molecule has 3 heteroatoms. The van der Waals surface area contributed by atoms with Gasteiger partial charge >= 0.3 is 0 Å². The highest BCUT2D eigenvalue weighted by molar-refractivity contribution is 7.10. The van der Waals surface area contributed by atoms with Crippen molar-refractivity contribution >= 4 is 11.3 Å². The molecule has 78 valence electrons. The molecular formula is C11H18N2S. The van der Waals surface area contributed by atoms with Gasteiger partial charge in [0.05, 0.1) is 0 Å². The molecule has 0 aliphatic carbocycles. The monoisotopic (exact) mass is 210 g/mol. The average Bonchev–Trinajstić information content (AvgIpc) is 2.87. The summed E-state index contributed by atoms with van der Waals surface area (Å²) in [5.74, 6) is 0.831. The minimum atomic E-state index is 0.510. The van der Waals surface area contributed by atoms with Gasteiger partial charge in [0, 0.05) is 10.9 Å². The van der Waals surface area contributed by atoms with Gasteiger partial charge in [-0.2, -0.15) is 0 Å². The van der Waals surface area contributed by atoms with Crippen LogP contribution in [-0.4, -0.2) is 19.6 Å². The van der Waals surface area contributed by atoms with Crippen LogP contribution in [0, 0.1) is 5.92 Å². The molecule has 2 rings (SSSR count). The minimum absolute atomic E-state index is 0.510. The third-order valence-corrected chi connectivity index (χ3v) is 3.90. The normalized spacial score (nSPS) is 23.9. The molecule has 2 atom stereocenters. The summed E-state index contributed by atoms with van der Waals surface area (Å²) >= 11 is 1.84. The first kappa shape index (κ1) is 10.1. The van der Waals surface area contributed by atoms with E-state index in [4.69, 9.17) is 0 Å². The summed E-state index contributed by atoms with van der Waals surface area (Å²) in [5, 5.41) is 9.13. The lowest BCUT2D eigenvalue weighted by molar-refractivity contribution is 0.473. The van der Waals surface area contributed by atoms with E-state index in [1.807, 2.05) is 11.3 Å². The molecule has 2 nitrogen and oxygen atoms in total. The molecule has 0 aromatic carbocycles. The van der Waals surface area contributed by atoms with Crippen LogP contribution in [0.3, 0.4) is 0 Å². The molecule has 2 N–H and O–H groups in total. The van der Waals surface area contributed by atoms with Crippen molar-refractivity contribution in [2.45, 2.75) is 19.4 Å². The second-order valence-corrected chi connectivity index (χ2v) is 4.98. The molecule has 0 radical (unpaired) electrons. The Morgan fingerprint density at radius 1 is 1.71 bits per heavy atom. The zero-order chi connectivity index (χ0) is 9.80. The van der Waals surface area contributed by atoms with E-state index in [9.17, 15) is 0 Å². The molecular weight excluding hydrogens is 192 g/mol. The van der Waals surface area contributed by atoms with Crippen molar-refractivity contribution in [1.29, 1.82) is 0 Å². The SMILES string of the molecule is C[C@@H](NC[C@@H]1CCNC1)c1cccs1. The standard InChI is InChI=1S/C11H18N2S/c1-9(11-3-2-6-14-11)13-8-10-4-5-12-7-10/h2-3,6,9-10,12-13H,4-5,7-8H2,1H3/t9-,10-/m1/s1. The van der Waals surface area contributed by atoms with Crippen LogP contribution in [0.15, 0.2) is 17.5 Å². The quantitative estimate of drug-likeness (QED) is 0.794. The Morgan fingerprint density at radius 2 is 2.64 bits per heavy atom. The van der Waals surface area contributed by atoms with E-state index in [0.717, 1.165) is 12.5 Å². The van der Waals surface area contributed by atoms with Gasteiger partial charge < -0.3 is 10.6 Å². The van der Waals surface area contributed by atoms with Crippen LogP contribution < -0.4 is 10.6 Å². The van der Waals surface area contributed by atoms with Crippen LogP contribution in [-0.2, 0) is 0 Å². The summed E-state index contributed by atoms with van der Waals surface area (Å²) in [6.45, 7) is 5.77. The van der Waals surface area contributed by atoms with Gasteiger partial charge in [0.2, 0.25) is 0 Å². The van der Waals surface area contributed by atoms with Crippen LogP contribution in [0.5, 0.6) is 0 Å². The predicted octanol–water partition coefficient (Wildman–Crippen LogP) is 2.01. The number of hydrogen-bond donors (Lipinski definition) is 2. The fourth-order valence-electron chi connectivity index (χ4n) is 1.87. The van der Waals surface area contributed by atoms with Gasteiger partial charge in [-0.25, -0.2) is 0 Å². The summed E-state index contributed by atoms with van der Waals surface area (Å²) in [6.07, 6.45) is 1.32. The van der Waals surface area contributed by atoms with Crippen molar-refractivity contribution in [1.82, 2.24) is 10.6 Å². The Bertz CT molecular complexity index is 252. The topological polar surface area (TPSA) is 24.1 Å². The van der Waals surface area contributed by atoms with Crippen LogP contribution in [0.25, 0.3) is 0 Å². The van der Waals surface area contributed by atoms with Crippen molar-refractivity contribution in [2.75, 3.05) is 19.6 Å². The fourth-order valence-corrected chi connectivity index (χ4v) is 2.63. The number of hydrogen-bond acceptors (Lipinski definition) is 3. The second-order valence-electron chi connectivity index (χ2n) is 4.00. The highest BCUT2D eigenvalue weighted by Gasteiger charge is 2.15. The smallest absolute Gasteiger partial charge is 0.0386 e. The molecule has 1 saturated heterocycles. The maximum Gasteiger partial charge on any atom is 0.0386 e. The van der Waals surface area contributed by atoms with Crippen molar-refractivity contribution in [2.24, 2.45) is 5.92 Å². The zero-order valence-corrected chi connectivity index (χ0v) is 9.44. The Kier molecular flexibility index (Phi) is 3.56. The molecule has 1 fully saturated rings. The maximum atomic E-state index is 3.60. The van der Waals surface area contributed by atoms with Crippen LogP contribution in [0.1, 0.15) is 24.3 Å². The molecule has 2 heterocycles. The molecule has 0 bridgehead atoms. The van der Waals surface area contributed by atoms with Crippen LogP contribution in [0.2, 0.25) is 0 Å². The summed E-state index contributed by atoms with van der Waals surface area (Å²) in [7, 11) is 0. The number of nitrogens with one attached hydrogen (secondary N) is 2. The minimum Gasteiger partial charge on any atom is -0.316 e. The van der Waals surface area contributed by atoms with Gasteiger partial charge in [0.1, 0.15) is 0 Å². The first-order chi connectivity index (χ1) is 6.86. The van der Waals surface area contributed by atoms with E-state index in [1.54, 1.807) is 0 Å². The van der Waals surface area contributed by atoms with Crippen molar-refractivity contribution in [3.63, 3.8) is 0 Å². The lowest BCUT2D eigenvalue weighted by Crippen LogP contribution is -2.26. The molecule has 0 saturated carbocycles. The largest absolute Gasteiger partial charge is 0.316 e. The lowest BCUT2D eigenvalue weighted by Gasteiger charge is -2.15. The van der Waals surface area contributed by atoms with E-state index in [0.29, 0.717) is 6.04 Å². The maximum absolute atomic E-state index is 3.60. The Balaban J connectivity index is 1.74. The van der Waals surface area contributed by atoms with Gasteiger partial charge in [0.15, 0.2) is 0 Å². The third-order valence-electron chi connectivity index (χ3n) is 2.85. The fraction of sp³-hybridized carbons (Fsp3) is 0.636. The Labute approximate surface area is 89.7 Å². The molecule has 1 aliphatic rings. The predicted molar refractivity (Wildman–Crippen MR) is 61.7 cm³/mol. The summed E-state index contributed by atoms with van der Waals surface area (Å²) in [5.41, 5.74) is 0. The number of rotatable bonds is 4. The van der Waals surface area contributed by atoms with Gasteiger partial charge in [0.25, 0.3) is 0 Å². The summed E-state index contributed by atoms with van der Waals surface area (Å²) < 4.78 is 0. The molecule has 0 unspecified atom stereocenters. The van der Waals surface area contributed by atoms with E-state index in [1.165, 1.54) is 24.4 Å². The van der Waals surface area contributed by atoms with Gasteiger partial charge in [-0.05, 0) is 50.3 Å². The second kappa shape index (κ2) is 4.91. The van der Waals surface area contributed by atoms with Crippen LogP contribution >= 0.6 is 11.3 Å². The van der Waals surface area contributed by atoms with Crippen molar-refractivity contribution < 1.29 is 0 Å². The first-order valence-corrected chi connectivity index (χ1v) is 6.21. The van der Waals surface area contributed by atoms with E-state index < -0.39 is 0 Å². The molecule has 1 aromatic rings. The highest BCUT2D eigenvalue weighted by Crippen LogP contribution is 2.18. The Morgan fingerprint density at radius 3 is 3.29 bits per heavy atom. The molecule has 0 amide bonds. The molecule has 1 aromatic heterocycles. The van der Waals surface area contributed by atoms with E-state index in [-0.39, 0.29) is 0 Å². The van der Waals surface area contributed by atoms with Gasteiger partial charge in [-0.3, -0.25) is 0 Å². The molecule has 14 heavy (non-hydrogen) atoms. The molecule has 1 aliphatic heterocycles. The van der Waals surface area contributed by atoms with Gasteiger partial charge in [-0.15, -0.1) is 11.3 Å². The third kappa shape index (κ3) is 2.56. The van der Waals surface area contributed by atoms with Crippen molar-refractivity contribution in [3.8, 4) is 0 Å². The van der Waals surface area contributed by atoms with E-state index >= 15 is 0 Å². The molecule has 0 spiro atoms. The van der Waals surface area contributed by atoms with E-state index in [2.05, 4.69) is 35.1 Å². The first-order valence-electron chi connectivity index (χ1n) is 5.34. The Hall–Kier alpha value is -0.380. The summed E-state index contributed by atoms with van der Waals surface area (Å²) in [4.78, 5) is 1.44. The van der Waals surface area contributed by atoms with Gasteiger partial charge in [-0.1, -0.05) is 6.07 Å².